The number of carbonyl (C=O) groups excluding carboxylic acids is 2. The molecule has 1 aromatic heterocycles. The summed E-state index contributed by atoms with van der Waals surface area (Å²) in [6.45, 7) is 1.49. The average molecular weight is 455 g/mol. The molecule has 1 N–H and O–H groups in total. The van der Waals surface area contributed by atoms with Gasteiger partial charge in [-0.05, 0) is 48.5 Å². The molecule has 1 aliphatic rings. The zero-order chi connectivity index (χ0) is 23.7. The number of fused-ring (bicyclic) bond motifs is 1. The fourth-order valence-electron chi connectivity index (χ4n) is 4.23. The number of nitrogens with zero attached hydrogens (tertiary/aromatic N) is 3. The number of phenolic OH excluding ortho intramolecular Hbond substituents is 1. The van der Waals surface area contributed by atoms with Crippen molar-refractivity contribution in [2.45, 2.75) is 0 Å². The van der Waals surface area contributed by atoms with Crippen LogP contribution in [-0.2, 0) is 0 Å². The van der Waals surface area contributed by atoms with E-state index >= 15 is 0 Å². The van der Waals surface area contributed by atoms with Crippen LogP contribution in [0.3, 0.4) is 0 Å². The summed E-state index contributed by atoms with van der Waals surface area (Å²) >= 11 is 0. The van der Waals surface area contributed by atoms with E-state index in [0.29, 0.717) is 43.0 Å². The van der Waals surface area contributed by atoms with Crippen molar-refractivity contribution in [1.82, 2.24) is 14.8 Å². The van der Waals surface area contributed by atoms with E-state index in [1.807, 2.05) is 24.3 Å². The molecule has 1 aliphatic heterocycles. The van der Waals surface area contributed by atoms with Gasteiger partial charge in [-0.25, -0.2) is 9.37 Å². The highest BCUT2D eigenvalue weighted by molar-refractivity contribution is 6.07. The van der Waals surface area contributed by atoms with Gasteiger partial charge in [-0.15, -0.1) is 0 Å². The molecule has 6 nitrogen and oxygen atoms in total. The van der Waals surface area contributed by atoms with E-state index in [1.165, 1.54) is 18.2 Å². The van der Waals surface area contributed by atoms with Gasteiger partial charge in [-0.2, -0.15) is 0 Å². The van der Waals surface area contributed by atoms with Crippen LogP contribution in [-0.4, -0.2) is 57.9 Å². The maximum atomic E-state index is 13.5. The molecule has 2 heterocycles. The first kappa shape index (κ1) is 21.6. The van der Waals surface area contributed by atoms with Crippen molar-refractivity contribution in [2.75, 3.05) is 26.2 Å². The number of amides is 2. The Morgan fingerprint density at radius 2 is 1.35 bits per heavy atom. The van der Waals surface area contributed by atoms with Gasteiger partial charge in [-0.1, -0.05) is 30.3 Å². The number of aromatic hydroxyl groups is 1. The molecule has 1 saturated heterocycles. The topological polar surface area (TPSA) is 73.7 Å². The van der Waals surface area contributed by atoms with Gasteiger partial charge in [-0.3, -0.25) is 9.59 Å². The monoisotopic (exact) mass is 455 g/mol. The van der Waals surface area contributed by atoms with Gasteiger partial charge in [0, 0.05) is 37.1 Å². The van der Waals surface area contributed by atoms with Crippen molar-refractivity contribution in [3.63, 3.8) is 0 Å². The van der Waals surface area contributed by atoms with Gasteiger partial charge in [0.15, 0.2) is 0 Å². The van der Waals surface area contributed by atoms with Gasteiger partial charge in [0.2, 0.25) is 0 Å². The maximum Gasteiger partial charge on any atom is 0.257 e. The molecule has 170 valence electrons. The molecule has 34 heavy (non-hydrogen) atoms. The predicted octanol–water partition coefficient (Wildman–Crippen LogP) is 4.34. The predicted molar refractivity (Wildman–Crippen MR) is 127 cm³/mol. The van der Waals surface area contributed by atoms with E-state index in [-0.39, 0.29) is 28.9 Å². The quantitative estimate of drug-likeness (QED) is 0.499. The Bertz CT molecular complexity index is 1380. The summed E-state index contributed by atoms with van der Waals surface area (Å²) in [5.74, 6) is -0.783. The summed E-state index contributed by atoms with van der Waals surface area (Å²) in [5, 5.41) is 10.7. The number of hydrogen-bond acceptors (Lipinski definition) is 4. The highest BCUT2D eigenvalue weighted by Crippen LogP contribution is 2.27. The first-order valence-electron chi connectivity index (χ1n) is 11.0. The maximum absolute atomic E-state index is 13.5. The normalized spacial score (nSPS) is 13.8. The third-order valence-corrected chi connectivity index (χ3v) is 6.08. The molecular weight excluding hydrogens is 433 g/mol. The summed E-state index contributed by atoms with van der Waals surface area (Å²) in [5.41, 5.74) is 2.77. The number of aromatic nitrogens is 1. The van der Waals surface area contributed by atoms with Crippen molar-refractivity contribution in [1.29, 1.82) is 0 Å². The van der Waals surface area contributed by atoms with Crippen LogP contribution >= 0.6 is 0 Å². The average Bonchev–Trinajstić information content (AvgIpc) is 2.88. The second kappa shape index (κ2) is 8.94. The Morgan fingerprint density at radius 3 is 2.03 bits per heavy atom. The lowest BCUT2D eigenvalue weighted by Gasteiger charge is -2.35. The molecule has 0 aliphatic carbocycles. The third-order valence-electron chi connectivity index (χ3n) is 6.08. The zero-order valence-electron chi connectivity index (χ0n) is 18.3. The van der Waals surface area contributed by atoms with Crippen molar-refractivity contribution in [3.05, 3.63) is 95.8 Å². The lowest BCUT2D eigenvalue weighted by Crippen LogP contribution is -2.50. The first-order chi connectivity index (χ1) is 16.5. The van der Waals surface area contributed by atoms with E-state index in [2.05, 4.69) is 4.98 Å². The molecule has 5 rings (SSSR count). The number of carbonyl (C=O) groups is 2. The minimum atomic E-state index is -0.336. The van der Waals surface area contributed by atoms with E-state index in [1.54, 1.807) is 46.2 Å². The lowest BCUT2D eigenvalue weighted by atomic mass is 10.0. The van der Waals surface area contributed by atoms with Crippen molar-refractivity contribution in [2.24, 2.45) is 0 Å². The molecule has 4 aromatic rings. The van der Waals surface area contributed by atoms with Crippen LogP contribution in [0.4, 0.5) is 4.39 Å². The largest absolute Gasteiger partial charge is 0.507 e. The number of benzene rings is 3. The molecule has 3 aromatic carbocycles. The number of para-hydroxylation sites is 2. The summed E-state index contributed by atoms with van der Waals surface area (Å²) < 4.78 is 13.4. The van der Waals surface area contributed by atoms with Crippen LogP contribution in [0.2, 0.25) is 0 Å². The van der Waals surface area contributed by atoms with Crippen LogP contribution in [0.15, 0.2) is 78.9 Å². The second-order valence-electron chi connectivity index (χ2n) is 8.18. The SMILES string of the molecule is O=C(c1ccccc1O)N1CCN(C(=O)c2cc(-c3ccc(F)cc3)nc3ccccc23)CC1. The van der Waals surface area contributed by atoms with Gasteiger partial charge in [0.05, 0.1) is 22.3 Å². The number of piperazine rings is 1. The number of halogens is 1. The van der Waals surface area contributed by atoms with Crippen molar-refractivity contribution < 1.29 is 19.1 Å². The lowest BCUT2D eigenvalue weighted by molar-refractivity contribution is 0.0534. The fraction of sp³-hybridized carbons (Fsp3) is 0.148. The third kappa shape index (κ3) is 4.08. The number of rotatable bonds is 3. The molecule has 1 fully saturated rings. The van der Waals surface area contributed by atoms with Gasteiger partial charge in [0.1, 0.15) is 11.6 Å². The van der Waals surface area contributed by atoms with Crippen LogP contribution in [0.5, 0.6) is 5.75 Å². The number of phenols is 1. The standard InChI is InChI=1S/C27H22FN3O3/c28-19-11-9-18(10-12-19)24-17-22(20-5-1-3-7-23(20)29-24)27(34)31-15-13-30(14-16-31)26(33)21-6-2-4-8-25(21)32/h1-12,17,32H,13-16H2. The fourth-order valence-corrected chi connectivity index (χ4v) is 4.23. The Balaban J connectivity index is 1.40. The van der Waals surface area contributed by atoms with Crippen molar-refractivity contribution in [3.8, 4) is 17.0 Å². The summed E-state index contributed by atoms with van der Waals surface area (Å²) in [4.78, 5) is 34.4. The molecule has 0 spiro atoms. The molecule has 0 bridgehead atoms. The summed E-state index contributed by atoms with van der Waals surface area (Å²) in [6.07, 6.45) is 0. The Morgan fingerprint density at radius 1 is 0.765 bits per heavy atom. The highest BCUT2D eigenvalue weighted by atomic mass is 19.1. The van der Waals surface area contributed by atoms with E-state index in [0.717, 1.165) is 10.9 Å². The molecule has 2 amide bonds. The Hall–Kier alpha value is -4.26. The minimum Gasteiger partial charge on any atom is -0.507 e. The summed E-state index contributed by atoms with van der Waals surface area (Å²) in [7, 11) is 0. The van der Waals surface area contributed by atoms with Crippen molar-refractivity contribution >= 4 is 22.7 Å². The van der Waals surface area contributed by atoms with Crippen LogP contribution in [0, 0.1) is 5.82 Å². The molecule has 0 radical (unpaired) electrons. The summed E-state index contributed by atoms with van der Waals surface area (Å²) in [6, 6.07) is 21.7. The number of pyridine rings is 1. The van der Waals surface area contributed by atoms with Crippen LogP contribution < -0.4 is 0 Å². The number of hydrogen-bond donors (Lipinski definition) is 1. The highest BCUT2D eigenvalue weighted by Gasteiger charge is 2.27. The van der Waals surface area contributed by atoms with Crippen LogP contribution in [0.1, 0.15) is 20.7 Å². The second-order valence-corrected chi connectivity index (χ2v) is 8.18. The first-order valence-corrected chi connectivity index (χ1v) is 11.0. The van der Waals surface area contributed by atoms with E-state index in [9.17, 15) is 19.1 Å². The van der Waals surface area contributed by atoms with Crippen LogP contribution in [0.25, 0.3) is 22.2 Å². The minimum absolute atomic E-state index is 0.0532. The Labute approximate surface area is 195 Å². The van der Waals surface area contributed by atoms with Gasteiger partial charge < -0.3 is 14.9 Å². The zero-order valence-corrected chi connectivity index (χ0v) is 18.3. The molecule has 0 saturated carbocycles. The molecule has 0 atom stereocenters. The molecular formula is C27H22FN3O3. The van der Waals surface area contributed by atoms with Gasteiger partial charge >= 0.3 is 0 Å². The van der Waals surface area contributed by atoms with E-state index < -0.39 is 0 Å². The van der Waals surface area contributed by atoms with E-state index in [4.69, 9.17) is 0 Å². The molecule has 7 heteroatoms. The smallest absolute Gasteiger partial charge is 0.257 e. The molecule has 0 unspecified atom stereocenters. The van der Waals surface area contributed by atoms with Gasteiger partial charge in [0.25, 0.3) is 11.8 Å². The Kier molecular flexibility index (Phi) is 5.67.